The van der Waals surface area contributed by atoms with Crippen molar-refractivity contribution in [3.05, 3.63) is 111 Å². The number of carbonyl (C=O) groups is 3. The van der Waals surface area contributed by atoms with Crippen LogP contribution in [-0.2, 0) is 30.3 Å². The largest absolute Gasteiger partial charge is 0.508 e. The third kappa shape index (κ3) is 16.0. The number of benzene rings is 1. The van der Waals surface area contributed by atoms with Crippen LogP contribution >= 0.6 is 0 Å². The first-order valence-electron chi connectivity index (χ1n) is 60.5. The van der Waals surface area contributed by atoms with Gasteiger partial charge in [0.25, 0.3) is 0 Å². The average Bonchev–Trinajstić information content (AvgIpc) is 1.55. The summed E-state index contributed by atoms with van der Waals surface area (Å²) in [5, 5.41) is 60.7. The monoisotopic (exact) mass is 1960 g/mol. The van der Waals surface area contributed by atoms with Crippen molar-refractivity contribution in [1.82, 2.24) is 0 Å². The number of hydrogen-bond donors (Lipinski definition) is 6. The van der Waals surface area contributed by atoms with E-state index in [-0.39, 0.29) is 87.2 Å². The number of hydrogen-bond acceptors (Lipinski definition) is 11. The zero-order chi connectivity index (χ0) is 102. The number of aliphatic hydroxyl groups is 5. The van der Waals surface area contributed by atoms with E-state index >= 15 is 0 Å². The SMILES string of the molecule is CC1CC2(C)C(C(=O)CO)CCC2C2CCC3=CC(=O)C=CC3(C)C12.CC1CC2(C)C(O)CCC2C2CCC3=CC(=O)C=CC3(C)C12.CC1CCC2(C)C3=C(CCC12C)C1(C)CCC(O)C(C)(C)C1CC3.CC1CCC2(OC1)OC1CC3C4CCC5CC(O)CCC5(C)C4CC(C)C3(C)C1C2C.CC1CCC2C3=CC=C4CC(O)CCC4(C)C3CCC12C.CC1CCC2C3CCc4cc(O)ccc4C3CCC12C. The van der Waals surface area contributed by atoms with Gasteiger partial charge in [-0.2, -0.15) is 0 Å². The summed E-state index contributed by atoms with van der Waals surface area (Å²) in [5.74, 6) is 18.7. The first-order chi connectivity index (χ1) is 67.5. The molecule has 44 unspecified atom stereocenters. The quantitative estimate of drug-likeness (QED) is 0.155. The second kappa shape index (κ2) is 37.1. The molecular formula is C132H198O11. The Morgan fingerprint density at radius 2 is 1.08 bits per heavy atom. The van der Waals surface area contributed by atoms with Crippen molar-refractivity contribution < 1.29 is 54.5 Å². The molecule has 2 saturated heterocycles. The lowest BCUT2D eigenvalue weighted by Gasteiger charge is -2.63. The number of carbonyl (C=O) groups excluding carboxylic acids is 3. The number of Topliss-reactive ketones (excluding diaryl/α,β-unsaturated/α-hetero) is 1. The van der Waals surface area contributed by atoms with Crippen LogP contribution in [0.15, 0.2) is 100 Å². The van der Waals surface area contributed by atoms with Gasteiger partial charge in [0.05, 0.1) is 37.1 Å². The number of aromatic hydroxyl groups is 1. The van der Waals surface area contributed by atoms with Crippen molar-refractivity contribution in [2.45, 2.75) is 451 Å². The van der Waals surface area contributed by atoms with Crippen molar-refractivity contribution in [2.75, 3.05) is 13.2 Å². The van der Waals surface area contributed by atoms with Crippen molar-refractivity contribution in [1.29, 1.82) is 0 Å². The highest BCUT2D eigenvalue weighted by molar-refractivity contribution is 6.01. The lowest BCUT2D eigenvalue weighted by atomic mass is 9.42. The lowest BCUT2D eigenvalue weighted by molar-refractivity contribution is -0.273. The third-order valence-electron chi connectivity index (χ3n) is 54.0. The van der Waals surface area contributed by atoms with Crippen LogP contribution < -0.4 is 0 Å². The standard InChI is InChI=1S/C28H46O3.C23H38O.C22H30O3.C20H28O2.C20H30O.C19H26O/c1-16-8-11-28(30-15-16)18(3)25-24(31-28)14-23-21-7-6-19-13-20(29)9-10-26(19,4)22(21)12-17(2)27(23,25)5;1-15-9-13-23(6)17-7-8-18-20(2,3)19(24)11-12-21(18,4)16(17)10-14-22(15,23)5;1-13-11-22(3)17(6-7-18(22)19(25)12-23)16-5-4-14-10-15(24)8-9-21(14,2)20(13)16;1-12-11-20(3)16(6-7-17(20)22)15-5-4-13-10-14(21)8-9-19(13,2)18(12)15;1-13-4-7-17-16-6-5-14-12-15(21)8-10-20(14,3)18(16)9-11-19(13,17)2;1-12-3-8-18-17-6-4-13-11-14(20)5-7-15(13)16(17)9-10-19(12,18)2/h16-25,29H,6-15H2,1-5H3;15,18-19,24H,7-14H2,1-6H3;8-10,13,16-18,20,23H,4-7,11-12H2,1-3H3;8-10,12,15-18,22H,4-7,11H2,1-3H3;5-6,13,15,17-18,21H,4,7-12H2,1-3H3;5,7,11-12,16-18,20H,3-4,6,8-10H2,1-2H3. The van der Waals surface area contributed by atoms with E-state index in [9.17, 15) is 45.0 Å². The number of ether oxygens (including phenoxy) is 2. The summed E-state index contributed by atoms with van der Waals surface area (Å²) < 4.78 is 13.5. The van der Waals surface area contributed by atoms with Crippen LogP contribution in [-0.4, -0.2) is 97.5 Å². The molecule has 11 heteroatoms. The summed E-state index contributed by atoms with van der Waals surface area (Å²) in [5.41, 5.74) is 16.6. The number of ketones is 3. The van der Waals surface area contributed by atoms with Crippen LogP contribution in [0.3, 0.4) is 0 Å². The van der Waals surface area contributed by atoms with Crippen molar-refractivity contribution in [3.8, 4) is 5.75 Å². The minimum Gasteiger partial charge on any atom is -0.508 e. The molecule has 792 valence electrons. The molecule has 25 aliphatic rings. The van der Waals surface area contributed by atoms with Crippen molar-refractivity contribution in [3.63, 3.8) is 0 Å². The maximum atomic E-state index is 12.4. The van der Waals surface area contributed by atoms with E-state index in [4.69, 9.17) is 9.47 Å². The molecule has 2 heterocycles. The minimum atomic E-state index is -0.315. The zero-order valence-electron chi connectivity index (χ0n) is 93.7. The Morgan fingerprint density at radius 3 is 1.76 bits per heavy atom. The summed E-state index contributed by atoms with van der Waals surface area (Å²) in [7, 11) is 0. The Hall–Kier alpha value is -4.07. The molecule has 143 heavy (non-hydrogen) atoms. The highest BCUT2D eigenvalue weighted by atomic mass is 16.7. The highest BCUT2D eigenvalue weighted by Gasteiger charge is 2.73. The Labute approximate surface area is 866 Å². The molecule has 0 amide bonds. The summed E-state index contributed by atoms with van der Waals surface area (Å²) in [6, 6.07) is 6.12. The first-order valence-corrected chi connectivity index (χ1v) is 60.5. The topological polar surface area (TPSA) is 191 Å². The molecule has 1 spiro atoms. The van der Waals surface area contributed by atoms with Crippen LogP contribution in [0.1, 0.15) is 420 Å². The second-order valence-corrected chi connectivity index (χ2v) is 59.5. The number of aryl methyl sites for hydroxylation is 1. The number of rotatable bonds is 2. The lowest BCUT2D eigenvalue weighted by Crippen LogP contribution is -2.57. The molecule has 6 N–H and O–H groups in total. The van der Waals surface area contributed by atoms with E-state index in [0.29, 0.717) is 126 Å². The molecule has 19 fully saturated rings. The summed E-state index contributed by atoms with van der Waals surface area (Å²) >= 11 is 0. The van der Waals surface area contributed by atoms with Gasteiger partial charge in [-0.1, -0.05) is 216 Å². The molecule has 0 radical (unpaired) electrons. The Morgan fingerprint density at radius 1 is 0.455 bits per heavy atom. The van der Waals surface area contributed by atoms with E-state index < -0.39 is 0 Å². The molecule has 44 atom stereocenters. The number of allylic oxidation sites excluding steroid dienone is 13. The van der Waals surface area contributed by atoms with Gasteiger partial charge in [-0.15, -0.1) is 0 Å². The number of fused-ring (bicyclic) bond motifs is 31. The molecular weight excluding hydrogens is 1760 g/mol. The Bertz CT molecular complexity index is 5230. The van der Waals surface area contributed by atoms with E-state index in [1.165, 1.54) is 189 Å². The van der Waals surface area contributed by atoms with Crippen molar-refractivity contribution in [2.24, 2.45) is 218 Å². The minimum absolute atomic E-state index is 0.00333. The molecule has 0 aromatic heterocycles. The summed E-state index contributed by atoms with van der Waals surface area (Å²) in [6.07, 6.45) is 65.6. The fourth-order valence-electron chi connectivity index (χ4n) is 45.0. The van der Waals surface area contributed by atoms with Gasteiger partial charge in [0.1, 0.15) is 12.4 Å². The molecule has 1 aromatic carbocycles. The average molecular weight is 1960 g/mol. The fourth-order valence-corrected chi connectivity index (χ4v) is 45.0. The summed E-state index contributed by atoms with van der Waals surface area (Å²) in [4.78, 5) is 36.0. The zero-order valence-corrected chi connectivity index (χ0v) is 93.7. The van der Waals surface area contributed by atoms with Crippen LogP contribution in [0, 0.1) is 218 Å². The molecule has 23 aliphatic carbocycles. The smallest absolute Gasteiger partial charge is 0.178 e. The van der Waals surface area contributed by atoms with Gasteiger partial charge in [0, 0.05) is 29.1 Å². The van der Waals surface area contributed by atoms with Crippen molar-refractivity contribution >= 4 is 17.3 Å². The third-order valence-corrected chi connectivity index (χ3v) is 54.0. The van der Waals surface area contributed by atoms with E-state index in [2.05, 4.69) is 183 Å². The number of phenolic OH excluding ortho intramolecular Hbond substituents is 1. The van der Waals surface area contributed by atoms with Gasteiger partial charge in [0.2, 0.25) is 0 Å². The number of phenols is 1. The Balaban J connectivity index is 0.000000102. The maximum Gasteiger partial charge on any atom is 0.178 e. The molecule has 11 nitrogen and oxygen atoms in total. The Kier molecular flexibility index (Phi) is 27.2. The number of aliphatic hydroxyl groups excluding tert-OH is 5. The van der Waals surface area contributed by atoms with Gasteiger partial charge < -0.3 is 40.1 Å². The second-order valence-electron chi connectivity index (χ2n) is 59.5. The summed E-state index contributed by atoms with van der Waals surface area (Å²) in [6.45, 7) is 54.7. The van der Waals surface area contributed by atoms with Crippen LogP contribution in [0.5, 0.6) is 5.75 Å². The fraction of sp³-hybridized carbons (Fsp3) is 0.826. The van der Waals surface area contributed by atoms with Crippen LogP contribution in [0.2, 0.25) is 0 Å². The van der Waals surface area contributed by atoms with Gasteiger partial charge in [-0.25, -0.2) is 0 Å². The molecule has 0 bridgehead atoms. The van der Waals surface area contributed by atoms with E-state index in [0.717, 1.165) is 173 Å². The predicted octanol–water partition coefficient (Wildman–Crippen LogP) is 29.5. The van der Waals surface area contributed by atoms with E-state index in [1.807, 2.05) is 35.4 Å². The van der Waals surface area contributed by atoms with Crippen LogP contribution in [0.4, 0.5) is 0 Å². The van der Waals surface area contributed by atoms with Crippen LogP contribution in [0.25, 0.3) is 0 Å². The molecule has 26 rings (SSSR count). The van der Waals surface area contributed by atoms with Gasteiger partial charge in [0.15, 0.2) is 23.1 Å². The highest BCUT2D eigenvalue weighted by Crippen LogP contribution is 2.78. The van der Waals surface area contributed by atoms with E-state index in [1.54, 1.807) is 23.3 Å². The van der Waals surface area contributed by atoms with Gasteiger partial charge >= 0.3 is 0 Å². The van der Waals surface area contributed by atoms with Gasteiger partial charge in [-0.3, -0.25) is 14.4 Å². The first kappa shape index (κ1) is 105. The molecule has 1 aromatic rings. The normalized spacial score (nSPS) is 53.0. The predicted molar refractivity (Wildman–Crippen MR) is 576 cm³/mol. The maximum absolute atomic E-state index is 12.4. The molecule has 2 aliphatic heterocycles. The molecule has 17 saturated carbocycles. The van der Waals surface area contributed by atoms with Gasteiger partial charge in [-0.05, 0) is 500 Å².